The maximum Gasteiger partial charge on any atom is 0.251 e. The molecule has 3 nitrogen and oxygen atoms in total. The van der Waals surface area contributed by atoms with Crippen LogP contribution < -0.4 is 10.5 Å². The van der Waals surface area contributed by atoms with Gasteiger partial charge in [0.2, 0.25) is 0 Å². The molecule has 0 aromatic heterocycles. The molecule has 5 heteroatoms. The van der Waals surface area contributed by atoms with Gasteiger partial charge in [-0.25, -0.2) is 8.78 Å². The van der Waals surface area contributed by atoms with Gasteiger partial charge in [0.05, 0.1) is 5.56 Å². The Balaban J connectivity index is 2.18. The summed E-state index contributed by atoms with van der Waals surface area (Å²) < 4.78 is 32.3. The first-order valence-corrected chi connectivity index (χ1v) is 5.95. The molecule has 0 saturated heterocycles. The van der Waals surface area contributed by atoms with E-state index in [1.54, 1.807) is 12.1 Å². The summed E-state index contributed by atoms with van der Waals surface area (Å²) in [5.74, 6) is -1.61. The minimum Gasteiger partial charge on any atom is -0.489 e. The molecule has 1 amide bonds. The molecular weight excluding hydrogens is 264 g/mol. The molecule has 0 aliphatic heterocycles. The Hall–Kier alpha value is -2.43. The molecule has 104 valence electrons. The highest BCUT2D eigenvalue weighted by Crippen LogP contribution is 2.24. The highest BCUT2D eigenvalue weighted by Gasteiger charge is 2.14. The molecule has 0 unspecified atom stereocenters. The average molecular weight is 277 g/mol. The van der Waals surface area contributed by atoms with E-state index >= 15 is 0 Å². The van der Waals surface area contributed by atoms with Crippen molar-refractivity contribution in [3.63, 3.8) is 0 Å². The number of primary amides is 1. The van der Waals surface area contributed by atoms with E-state index in [1.165, 1.54) is 31.2 Å². The molecule has 2 rings (SSSR count). The van der Waals surface area contributed by atoms with Gasteiger partial charge in [-0.2, -0.15) is 0 Å². The van der Waals surface area contributed by atoms with Crippen LogP contribution in [-0.4, -0.2) is 5.91 Å². The Kier molecular flexibility index (Phi) is 3.98. The minimum atomic E-state index is -0.831. The molecule has 0 aliphatic carbocycles. The maximum absolute atomic E-state index is 13.9. The summed E-state index contributed by atoms with van der Waals surface area (Å²) in [5, 5.41) is 0. The van der Waals surface area contributed by atoms with E-state index in [4.69, 9.17) is 10.5 Å². The van der Waals surface area contributed by atoms with Crippen LogP contribution in [0.25, 0.3) is 0 Å². The van der Waals surface area contributed by atoms with Crippen molar-refractivity contribution in [1.29, 1.82) is 0 Å². The lowest BCUT2D eigenvalue weighted by Gasteiger charge is -2.11. The van der Waals surface area contributed by atoms with Crippen molar-refractivity contribution in [2.24, 2.45) is 5.73 Å². The number of benzene rings is 2. The van der Waals surface area contributed by atoms with Crippen LogP contribution in [0.2, 0.25) is 0 Å². The number of nitrogens with two attached hydrogens (primary N) is 1. The Morgan fingerprint density at radius 2 is 2.00 bits per heavy atom. The number of halogens is 2. The Morgan fingerprint density at radius 1 is 1.25 bits per heavy atom. The first kappa shape index (κ1) is 14.0. The second kappa shape index (κ2) is 5.69. The molecule has 0 saturated carbocycles. The molecule has 2 N–H and O–H groups in total. The van der Waals surface area contributed by atoms with Crippen molar-refractivity contribution >= 4 is 5.91 Å². The van der Waals surface area contributed by atoms with Gasteiger partial charge >= 0.3 is 0 Å². The topological polar surface area (TPSA) is 52.3 Å². The van der Waals surface area contributed by atoms with Gasteiger partial charge in [-0.15, -0.1) is 0 Å². The molecule has 0 fully saturated rings. The fourth-order valence-corrected chi connectivity index (χ4v) is 1.80. The number of carbonyl (C=O) groups is 1. The van der Waals surface area contributed by atoms with Crippen LogP contribution in [0, 0.1) is 18.6 Å². The number of rotatable bonds is 4. The maximum atomic E-state index is 13.9. The van der Waals surface area contributed by atoms with Crippen LogP contribution >= 0.6 is 0 Å². The van der Waals surface area contributed by atoms with Crippen LogP contribution in [0.5, 0.6) is 5.75 Å². The van der Waals surface area contributed by atoms with Crippen molar-refractivity contribution in [2.75, 3.05) is 0 Å². The number of hydrogen-bond acceptors (Lipinski definition) is 2. The zero-order valence-corrected chi connectivity index (χ0v) is 10.8. The lowest BCUT2D eigenvalue weighted by atomic mass is 10.1. The minimum absolute atomic E-state index is 0.105. The zero-order valence-electron chi connectivity index (χ0n) is 10.8. The summed E-state index contributed by atoms with van der Waals surface area (Å²) in [4.78, 5) is 11.0. The third-order valence-corrected chi connectivity index (χ3v) is 2.89. The first-order chi connectivity index (χ1) is 9.49. The number of amides is 1. The summed E-state index contributed by atoms with van der Waals surface area (Å²) in [5.41, 5.74) is 5.69. The van der Waals surface area contributed by atoms with Gasteiger partial charge in [0.1, 0.15) is 24.0 Å². The highest BCUT2D eigenvalue weighted by atomic mass is 19.1. The van der Waals surface area contributed by atoms with Crippen molar-refractivity contribution in [1.82, 2.24) is 0 Å². The fraction of sp³-hybridized carbons (Fsp3) is 0.133. The van der Waals surface area contributed by atoms with E-state index < -0.39 is 11.7 Å². The van der Waals surface area contributed by atoms with Gasteiger partial charge in [0.25, 0.3) is 5.91 Å². The molecule has 2 aromatic rings. The molecule has 0 radical (unpaired) electrons. The van der Waals surface area contributed by atoms with E-state index in [9.17, 15) is 13.6 Å². The van der Waals surface area contributed by atoms with Crippen LogP contribution in [0.1, 0.15) is 21.5 Å². The Bertz CT molecular complexity index is 656. The largest absolute Gasteiger partial charge is 0.489 e. The molecular formula is C15H13F2NO2. The molecule has 0 heterocycles. The molecule has 0 bridgehead atoms. The van der Waals surface area contributed by atoms with Gasteiger partial charge in [-0.3, -0.25) is 4.79 Å². The van der Waals surface area contributed by atoms with E-state index in [1.807, 2.05) is 0 Å². The third kappa shape index (κ3) is 2.93. The number of ether oxygens (including phenoxy) is 1. The smallest absolute Gasteiger partial charge is 0.251 e. The molecule has 0 spiro atoms. The quantitative estimate of drug-likeness (QED) is 0.934. The monoisotopic (exact) mass is 277 g/mol. The summed E-state index contributed by atoms with van der Waals surface area (Å²) >= 11 is 0. The van der Waals surface area contributed by atoms with Crippen LogP contribution in [0.4, 0.5) is 8.78 Å². The lowest BCUT2D eigenvalue weighted by Crippen LogP contribution is -2.14. The zero-order chi connectivity index (χ0) is 14.7. The van der Waals surface area contributed by atoms with Gasteiger partial charge < -0.3 is 10.5 Å². The van der Waals surface area contributed by atoms with Gasteiger partial charge in [-0.1, -0.05) is 12.1 Å². The summed E-state index contributed by atoms with van der Waals surface area (Å²) in [6.07, 6.45) is 0. The van der Waals surface area contributed by atoms with Crippen molar-refractivity contribution in [2.45, 2.75) is 13.5 Å². The second-order valence-electron chi connectivity index (χ2n) is 4.33. The second-order valence-corrected chi connectivity index (χ2v) is 4.33. The fourth-order valence-electron chi connectivity index (χ4n) is 1.80. The van der Waals surface area contributed by atoms with E-state index in [0.29, 0.717) is 5.56 Å². The normalized spacial score (nSPS) is 10.3. The van der Waals surface area contributed by atoms with Gasteiger partial charge in [0, 0.05) is 5.56 Å². The summed E-state index contributed by atoms with van der Waals surface area (Å²) in [6, 6.07) is 8.67. The molecule has 0 aliphatic rings. The predicted octanol–water partition coefficient (Wildman–Crippen LogP) is 2.95. The van der Waals surface area contributed by atoms with Crippen LogP contribution in [-0.2, 0) is 6.61 Å². The molecule has 20 heavy (non-hydrogen) atoms. The van der Waals surface area contributed by atoms with E-state index in [-0.39, 0.29) is 29.3 Å². The standard InChI is InChI=1S/C15H13F2NO2/c1-9-13(6-5-12(14(9)17)15(18)19)20-8-10-3-2-4-11(16)7-10/h2-7H,8H2,1H3,(H2,18,19). The van der Waals surface area contributed by atoms with Crippen LogP contribution in [0.15, 0.2) is 36.4 Å². The Morgan fingerprint density at radius 3 is 2.65 bits per heavy atom. The lowest BCUT2D eigenvalue weighted by molar-refractivity contribution is 0.0996. The van der Waals surface area contributed by atoms with Gasteiger partial charge in [-0.05, 0) is 36.8 Å². The van der Waals surface area contributed by atoms with Crippen molar-refractivity contribution in [3.8, 4) is 5.75 Å². The summed E-state index contributed by atoms with van der Waals surface area (Å²) in [7, 11) is 0. The number of carbonyl (C=O) groups excluding carboxylic acids is 1. The summed E-state index contributed by atoms with van der Waals surface area (Å²) in [6.45, 7) is 1.59. The SMILES string of the molecule is Cc1c(OCc2cccc(F)c2)ccc(C(N)=O)c1F. The van der Waals surface area contributed by atoms with E-state index in [2.05, 4.69) is 0 Å². The third-order valence-electron chi connectivity index (χ3n) is 2.89. The van der Waals surface area contributed by atoms with Crippen molar-refractivity contribution in [3.05, 3.63) is 64.7 Å². The molecule has 2 aromatic carbocycles. The first-order valence-electron chi connectivity index (χ1n) is 5.95. The highest BCUT2D eigenvalue weighted by molar-refractivity contribution is 5.93. The van der Waals surface area contributed by atoms with Crippen LogP contribution in [0.3, 0.4) is 0 Å². The average Bonchev–Trinajstić information content (AvgIpc) is 2.40. The predicted molar refractivity (Wildman–Crippen MR) is 70.4 cm³/mol. The number of hydrogen-bond donors (Lipinski definition) is 1. The molecule has 0 atom stereocenters. The Labute approximate surface area is 115 Å². The van der Waals surface area contributed by atoms with E-state index in [0.717, 1.165) is 0 Å². The van der Waals surface area contributed by atoms with Crippen molar-refractivity contribution < 1.29 is 18.3 Å². The van der Waals surface area contributed by atoms with Gasteiger partial charge in [0.15, 0.2) is 0 Å².